The fraction of sp³-hybridized carbons (Fsp3) is 0.205. The Morgan fingerprint density at radius 3 is 0.863 bits per heavy atom. The predicted molar refractivity (Wildman–Crippen MR) is 210 cm³/mol. The van der Waals surface area contributed by atoms with Crippen LogP contribution in [0.15, 0.2) is 114 Å². The van der Waals surface area contributed by atoms with Gasteiger partial charge < -0.3 is 0 Å². The number of alkyl halides is 24. The van der Waals surface area contributed by atoms with Crippen molar-refractivity contribution >= 4 is 45.1 Å². The number of hydrogen-bond donors (Lipinski definition) is 0. The zero-order valence-corrected chi connectivity index (χ0v) is 35.9. The number of ketones is 1. The van der Waals surface area contributed by atoms with E-state index in [0.717, 1.165) is 0 Å². The van der Waals surface area contributed by atoms with Crippen LogP contribution in [-0.2, 0) is 56.0 Å². The Kier molecular flexibility index (Phi) is 15.4. The van der Waals surface area contributed by atoms with Gasteiger partial charge in [0.2, 0.25) is 17.8 Å². The van der Waals surface area contributed by atoms with Crippen molar-refractivity contribution in [2.75, 3.05) is 0 Å². The van der Waals surface area contributed by atoms with Gasteiger partial charge in [-0.1, -0.05) is 59.9 Å². The van der Waals surface area contributed by atoms with Crippen LogP contribution in [0.2, 0.25) is 0 Å². The molecule has 0 radical (unpaired) electrons. The summed E-state index contributed by atoms with van der Waals surface area (Å²) in [6.45, 7) is 0.343. The molecule has 3 nitrogen and oxygen atoms in total. The van der Waals surface area contributed by atoms with E-state index >= 15 is 0 Å². The minimum atomic E-state index is -6.13. The van der Waals surface area contributed by atoms with Crippen LogP contribution < -0.4 is 26.4 Å². The number of aromatic nitrogens is 1. The highest BCUT2D eigenvalue weighted by atomic mass is 32.1. The van der Waals surface area contributed by atoms with Crippen LogP contribution in [0, 0.1) is 11.3 Å². The Morgan fingerprint density at radius 1 is 0.425 bits per heavy atom. The maximum absolute atomic E-state index is 14.2. The number of carbonyl (C=O) groups excluding carboxylic acids is 1. The second kappa shape index (κ2) is 19.6. The van der Waals surface area contributed by atoms with Crippen LogP contribution in [0.1, 0.15) is 60.4 Å². The molecule has 0 aliphatic heterocycles. The summed E-state index contributed by atoms with van der Waals surface area (Å²) in [4.78, 5) is 11.8. The molecule has 0 saturated heterocycles. The van der Waals surface area contributed by atoms with Gasteiger partial charge in [0.15, 0.2) is 6.20 Å². The highest BCUT2D eigenvalue weighted by Crippen LogP contribution is 2.41. The Bertz CT molecular complexity index is 2570. The number of halogens is 24. The summed E-state index contributed by atoms with van der Waals surface area (Å²) in [5, 5.41) is 10.6. The molecular formula is C44H21BF24N2OS. The summed E-state index contributed by atoms with van der Waals surface area (Å²) in [5.41, 5.74) is -27.1. The summed E-state index contributed by atoms with van der Waals surface area (Å²) < 4.78 is 343. The van der Waals surface area contributed by atoms with E-state index in [-0.39, 0.29) is 5.78 Å². The van der Waals surface area contributed by atoms with Gasteiger partial charge in [-0.2, -0.15) is 137 Å². The van der Waals surface area contributed by atoms with Gasteiger partial charge in [-0.25, -0.2) is 0 Å². The van der Waals surface area contributed by atoms with E-state index in [2.05, 4.69) is 0 Å². The van der Waals surface area contributed by atoms with Crippen molar-refractivity contribution in [1.29, 1.82) is 5.26 Å². The number of thiazole rings is 1. The second-order valence-electron chi connectivity index (χ2n) is 15.5. The first kappa shape index (κ1) is 57.2. The van der Waals surface area contributed by atoms with Gasteiger partial charge in [0, 0.05) is 5.56 Å². The predicted octanol–water partition coefficient (Wildman–Crippen LogP) is 13.0. The third-order valence-corrected chi connectivity index (χ3v) is 11.3. The number of carbonyl (C=O) groups is 1. The Hall–Kier alpha value is -6.73. The highest BCUT2D eigenvalue weighted by Gasteiger charge is 2.47. The summed E-state index contributed by atoms with van der Waals surface area (Å²) in [6, 6.07) is -0.0934. The normalized spacial score (nSPS) is 13.3. The van der Waals surface area contributed by atoms with E-state index in [1.54, 1.807) is 35.6 Å². The van der Waals surface area contributed by atoms with Crippen LogP contribution in [0.25, 0.3) is 0 Å². The van der Waals surface area contributed by atoms with Crippen molar-refractivity contribution in [1.82, 2.24) is 0 Å². The van der Waals surface area contributed by atoms with Gasteiger partial charge in [0.1, 0.15) is 6.15 Å². The number of hydrogen-bond acceptors (Lipinski definition) is 3. The lowest BCUT2D eigenvalue weighted by Gasteiger charge is -2.46. The van der Waals surface area contributed by atoms with E-state index in [1.807, 2.05) is 27.7 Å². The van der Waals surface area contributed by atoms with E-state index in [1.165, 1.54) is 0 Å². The fourth-order valence-electron chi connectivity index (χ4n) is 7.41. The molecule has 0 amide bonds. The Labute approximate surface area is 396 Å². The number of Topliss-reactive ketones (excluding diaryl/α,β-unsaturated/α-hetero) is 1. The topological polar surface area (TPSA) is 44.7 Å². The second-order valence-corrected chi connectivity index (χ2v) is 16.3. The van der Waals surface area contributed by atoms with Crippen molar-refractivity contribution in [2.45, 2.75) is 56.0 Å². The molecule has 0 N–H and O–H groups in total. The lowest BCUT2D eigenvalue weighted by atomic mass is 9.12. The van der Waals surface area contributed by atoms with Crippen molar-refractivity contribution in [3.8, 4) is 6.07 Å². The SMILES string of the molecule is FC(F)(F)c1cc([B-](c2cc(C(F)(F)F)cc(C(F)(F)F)c2)(c2cc(C(F)(F)F)cc(C(F)(F)F)c2)c2cc(C(F)(F)F)cc(C(F)(F)F)c2)cc(C(F)(F)F)c1.N#Cc1ccc(C(=O)C[n+]2ccsc2)cc1. The average Bonchev–Trinajstić information content (AvgIpc) is 3.77. The molecule has 0 aliphatic rings. The lowest BCUT2D eigenvalue weighted by molar-refractivity contribution is -0.678. The van der Waals surface area contributed by atoms with Gasteiger partial charge in [-0.15, -0.1) is 0 Å². The number of benzene rings is 5. The minimum absolute atomic E-state index is 0.0490. The monoisotopic (exact) mass is 1090 g/mol. The molecule has 29 heteroatoms. The first-order valence-corrected chi connectivity index (χ1v) is 20.3. The zero-order valence-electron chi connectivity index (χ0n) is 35.0. The number of nitrogens with zero attached hydrogens (tertiary/aromatic N) is 2. The van der Waals surface area contributed by atoms with Gasteiger partial charge in [-0.3, -0.25) is 4.79 Å². The molecule has 1 heterocycles. The quantitative estimate of drug-likeness (QED) is 0.0692. The third-order valence-electron chi connectivity index (χ3n) is 10.6. The fourth-order valence-corrected chi connectivity index (χ4v) is 8.01. The van der Waals surface area contributed by atoms with Crippen molar-refractivity contribution < 1.29 is 115 Å². The molecule has 1 aromatic heterocycles. The molecule has 0 spiro atoms. The summed E-state index contributed by atoms with van der Waals surface area (Å²) in [6.07, 6.45) is -52.9. The number of nitriles is 1. The van der Waals surface area contributed by atoms with Crippen molar-refractivity contribution in [3.63, 3.8) is 0 Å². The summed E-state index contributed by atoms with van der Waals surface area (Å²) in [7, 11) is 0. The summed E-state index contributed by atoms with van der Waals surface area (Å²) in [5.74, 6) is 0.0490. The Balaban J connectivity index is 0.000000520. The maximum Gasteiger partial charge on any atom is 0.416 e. The van der Waals surface area contributed by atoms with E-state index in [4.69, 9.17) is 5.26 Å². The van der Waals surface area contributed by atoms with Crippen LogP contribution in [0.3, 0.4) is 0 Å². The van der Waals surface area contributed by atoms with Gasteiger partial charge in [0.05, 0.1) is 61.5 Å². The molecular weight excluding hydrogens is 1070 g/mol. The van der Waals surface area contributed by atoms with Crippen LogP contribution >= 0.6 is 11.3 Å². The molecule has 0 atom stereocenters. The first-order chi connectivity index (χ1) is 33.1. The van der Waals surface area contributed by atoms with E-state index < -0.39 is 195 Å². The summed E-state index contributed by atoms with van der Waals surface area (Å²) >= 11 is 1.55. The van der Waals surface area contributed by atoms with Gasteiger partial charge >= 0.3 is 49.4 Å². The minimum Gasteiger partial charge on any atom is -0.287 e. The molecule has 0 aliphatic carbocycles. The van der Waals surface area contributed by atoms with Gasteiger partial charge in [0.25, 0.3) is 0 Å². The molecule has 6 rings (SSSR count). The van der Waals surface area contributed by atoms with Crippen LogP contribution in [0.4, 0.5) is 105 Å². The average molecular weight is 1090 g/mol. The van der Waals surface area contributed by atoms with E-state index in [0.29, 0.717) is 17.7 Å². The standard InChI is InChI=1S/C32H12BF24.C12H9N2OS/c34-25(35,36)13-1-14(26(37,38)39)6-21(5-13)33(22-7-15(27(40,41)42)2-16(8-22)28(43,44)45,23-9-17(29(46,47)48)3-18(10-23)30(49,50)51)24-11-19(31(52,53)54)4-20(12-24)32(55,56)57;13-7-10-1-3-11(4-2-10)12(15)8-14-5-6-16-9-14/h1-12H;1-6,9H,8H2/q-1;+1. The molecule has 0 saturated carbocycles. The molecule has 6 aromatic rings. The molecule has 0 unspecified atom stereocenters. The number of rotatable bonds is 7. The molecule has 5 aromatic carbocycles. The first-order valence-electron chi connectivity index (χ1n) is 19.4. The Morgan fingerprint density at radius 2 is 0.671 bits per heavy atom. The van der Waals surface area contributed by atoms with Gasteiger partial charge in [-0.05, 0) is 48.5 Å². The highest BCUT2D eigenvalue weighted by molar-refractivity contribution is 7.20. The maximum atomic E-state index is 14.2. The molecule has 390 valence electrons. The van der Waals surface area contributed by atoms with Crippen molar-refractivity contribution in [3.05, 3.63) is 170 Å². The van der Waals surface area contributed by atoms with Crippen LogP contribution in [-0.4, -0.2) is 11.9 Å². The lowest BCUT2D eigenvalue weighted by Crippen LogP contribution is -2.75. The third kappa shape index (κ3) is 13.3. The smallest absolute Gasteiger partial charge is 0.287 e. The molecule has 73 heavy (non-hydrogen) atoms. The molecule has 0 bridgehead atoms. The largest absolute Gasteiger partial charge is 0.416 e. The zero-order chi connectivity index (χ0) is 55.3. The van der Waals surface area contributed by atoms with Crippen molar-refractivity contribution in [2.24, 2.45) is 0 Å². The van der Waals surface area contributed by atoms with Crippen LogP contribution in [0.5, 0.6) is 0 Å². The molecule has 0 fully saturated rings. The van der Waals surface area contributed by atoms with E-state index in [9.17, 15) is 110 Å².